The van der Waals surface area contributed by atoms with Gasteiger partial charge in [0.25, 0.3) is 0 Å². The number of hydrogen-bond donors (Lipinski definition) is 0. The Bertz CT molecular complexity index is 379. The highest BCUT2D eigenvalue weighted by Crippen LogP contribution is 2.22. The summed E-state index contributed by atoms with van der Waals surface area (Å²) in [6.07, 6.45) is -0.627. The molecule has 0 saturated carbocycles. The minimum atomic E-state index is -0.627. The highest BCUT2D eigenvalue weighted by Gasteiger charge is 2.30. The number of Topliss-reactive ketones (excluding diaryl/α,β-unsaturated/α-hetero) is 1. The van der Waals surface area contributed by atoms with Gasteiger partial charge in [0.2, 0.25) is 0 Å². The van der Waals surface area contributed by atoms with E-state index in [0.717, 1.165) is 0 Å². The number of benzene rings is 1. The summed E-state index contributed by atoms with van der Waals surface area (Å²) < 4.78 is 5.57. The van der Waals surface area contributed by atoms with Crippen LogP contribution in [-0.4, -0.2) is 17.8 Å². The molecule has 17 heavy (non-hydrogen) atoms. The van der Waals surface area contributed by atoms with Gasteiger partial charge in [-0.3, -0.25) is 4.79 Å². The van der Waals surface area contributed by atoms with Crippen LogP contribution in [0.1, 0.15) is 20.8 Å². The number of halogens is 2. The first-order chi connectivity index (χ1) is 7.84. The number of ether oxygens (including phenoxy) is 1. The zero-order chi connectivity index (χ0) is 13.1. The topological polar surface area (TPSA) is 26.3 Å². The number of carbonyl (C=O) groups is 1. The molecule has 1 aromatic rings. The highest BCUT2D eigenvalue weighted by molar-refractivity contribution is 6.30. The number of ketones is 1. The zero-order valence-electron chi connectivity index (χ0n) is 10.2. The van der Waals surface area contributed by atoms with Crippen LogP contribution in [0, 0.1) is 5.41 Å². The lowest BCUT2D eigenvalue weighted by Crippen LogP contribution is -2.37. The average molecular weight is 275 g/mol. The van der Waals surface area contributed by atoms with E-state index in [2.05, 4.69) is 0 Å². The van der Waals surface area contributed by atoms with Gasteiger partial charge in [-0.2, -0.15) is 0 Å². The van der Waals surface area contributed by atoms with Crippen molar-refractivity contribution in [1.82, 2.24) is 0 Å². The molecule has 2 nitrogen and oxygen atoms in total. The Morgan fingerprint density at radius 2 is 1.82 bits per heavy atom. The smallest absolute Gasteiger partial charge is 0.179 e. The van der Waals surface area contributed by atoms with Crippen molar-refractivity contribution in [3.8, 4) is 5.75 Å². The molecule has 0 aliphatic heterocycles. The lowest BCUT2D eigenvalue weighted by Gasteiger charge is -2.23. The van der Waals surface area contributed by atoms with Crippen LogP contribution in [0.15, 0.2) is 24.3 Å². The van der Waals surface area contributed by atoms with Crippen molar-refractivity contribution in [1.29, 1.82) is 0 Å². The van der Waals surface area contributed by atoms with Gasteiger partial charge in [-0.05, 0) is 24.3 Å². The number of alkyl halides is 1. The van der Waals surface area contributed by atoms with Gasteiger partial charge in [0.1, 0.15) is 5.75 Å². The molecule has 0 spiro atoms. The first kappa shape index (κ1) is 14.3. The number of hydrogen-bond acceptors (Lipinski definition) is 2. The van der Waals surface area contributed by atoms with E-state index < -0.39 is 11.5 Å². The minimum Gasteiger partial charge on any atom is -0.481 e. The van der Waals surface area contributed by atoms with Crippen molar-refractivity contribution in [2.45, 2.75) is 26.9 Å². The Kier molecular flexibility index (Phi) is 4.84. The molecule has 1 atom stereocenters. The monoisotopic (exact) mass is 274 g/mol. The normalized spacial score (nSPS) is 13.2. The molecule has 0 N–H and O–H groups in total. The van der Waals surface area contributed by atoms with Crippen molar-refractivity contribution < 1.29 is 9.53 Å². The highest BCUT2D eigenvalue weighted by atomic mass is 35.5. The molecule has 94 valence electrons. The third kappa shape index (κ3) is 4.21. The molecule has 0 aliphatic rings. The standard InChI is InChI=1S/C13H16Cl2O2/c1-13(2,3)12(16)11(8-14)17-10-6-4-9(15)5-7-10/h4-7,11H,8H2,1-3H3. The molecular formula is C13H16Cl2O2. The molecule has 0 aromatic heterocycles. The lowest BCUT2D eigenvalue weighted by atomic mass is 9.88. The molecule has 0 saturated heterocycles. The summed E-state index contributed by atoms with van der Waals surface area (Å²) in [5, 5.41) is 0.627. The summed E-state index contributed by atoms with van der Waals surface area (Å²) in [6, 6.07) is 6.86. The average Bonchev–Trinajstić information content (AvgIpc) is 2.26. The number of carbonyl (C=O) groups excluding carboxylic acids is 1. The summed E-state index contributed by atoms with van der Waals surface area (Å²) in [4.78, 5) is 12.0. The molecule has 1 rings (SSSR count). The predicted octanol–water partition coefficient (Wildman–Crippen LogP) is 3.94. The van der Waals surface area contributed by atoms with Crippen LogP contribution in [-0.2, 0) is 4.79 Å². The third-order valence-electron chi connectivity index (χ3n) is 2.26. The summed E-state index contributed by atoms with van der Waals surface area (Å²) in [6.45, 7) is 5.54. The van der Waals surface area contributed by atoms with Crippen LogP contribution in [0.25, 0.3) is 0 Å². The maximum Gasteiger partial charge on any atom is 0.179 e. The molecular weight excluding hydrogens is 259 g/mol. The largest absolute Gasteiger partial charge is 0.481 e. The first-order valence-corrected chi connectivity index (χ1v) is 6.28. The van der Waals surface area contributed by atoms with Crippen molar-refractivity contribution in [3.05, 3.63) is 29.3 Å². The molecule has 0 fully saturated rings. The van der Waals surface area contributed by atoms with Crippen molar-refractivity contribution in [2.75, 3.05) is 5.88 Å². The second-order valence-corrected chi connectivity index (χ2v) is 5.57. The Labute approximate surface area is 112 Å². The van der Waals surface area contributed by atoms with Crippen molar-refractivity contribution in [3.63, 3.8) is 0 Å². The molecule has 0 amide bonds. The van der Waals surface area contributed by atoms with Crippen LogP contribution in [0.3, 0.4) is 0 Å². The molecule has 4 heteroatoms. The maximum atomic E-state index is 12.0. The maximum absolute atomic E-state index is 12.0. The molecule has 0 aliphatic carbocycles. The van der Waals surface area contributed by atoms with Crippen LogP contribution in [0.5, 0.6) is 5.75 Å². The summed E-state index contributed by atoms with van der Waals surface area (Å²) in [5.41, 5.74) is -0.466. The fourth-order valence-corrected chi connectivity index (χ4v) is 1.64. The van der Waals surface area contributed by atoms with E-state index in [-0.39, 0.29) is 11.7 Å². The minimum absolute atomic E-state index is 0.0116. The van der Waals surface area contributed by atoms with Crippen LogP contribution < -0.4 is 4.74 Å². The van der Waals surface area contributed by atoms with Gasteiger partial charge < -0.3 is 4.74 Å². The van der Waals surface area contributed by atoms with Crippen LogP contribution >= 0.6 is 23.2 Å². The van der Waals surface area contributed by atoms with E-state index in [9.17, 15) is 4.79 Å². The molecule has 1 aromatic carbocycles. The zero-order valence-corrected chi connectivity index (χ0v) is 11.7. The molecule has 0 radical (unpaired) electrons. The Morgan fingerprint density at radius 3 is 2.24 bits per heavy atom. The molecule has 1 unspecified atom stereocenters. The fourth-order valence-electron chi connectivity index (χ4n) is 1.32. The second-order valence-electron chi connectivity index (χ2n) is 4.83. The van der Waals surface area contributed by atoms with Crippen LogP contribution in [0.4, 0.5) is 0 Å². The third-order valence-corrected chi connectivity index (χ3v) is 2.80. The SMILES string of the molecule is CC(C)(C)C(=O)C(CCl)Oc1ccc(Cl)cc1. The van der Waals surface area contributed by atoms with Crippen LogP contribution in [0.2, 0.25) is 5.02 Å². The van der Waals surface area contributed by atoms with E-state index in [1.807, 2.05) is 20.8 Å². The van der Waals surface area contributed by atoms with Gasteiger partial charge in [-0.15, -0.1) is 11.6 Å². The van der Waals surface area contributed by atoms with Gasteiger partial charge in [0, 0.05) is 10.4 Å². The molecule has 0 bridgehead atoms. The van der Waals surface area contributed by atoms with Crippen molar-refractivity contribution >= 4 is 29.0 Å². The Morgan fingerprint density at radius 1 is 1.29 bits per heavy atom. The van der Waals surface area contributed by atoms with Gasteiger partial charge >= 0.3 is 0 Å². The van der Waals surface area contributed by atoms with Gasteiger partial charge in [0.15, 0.2) is 11.9 Å². The second kappa shape index (κ2) is 5.74. The quantitative estimate of drug-likeness (QED) is 0.778. The number of rotatable bonds is 4. The Hall–Kier alpha value is -0.730. The summed E-state index contributed by atoms with van der Waals surface area (Å²) >= 11 is 11.5. The predicted molar refractivity (Wildman–Crippen MR) is 71.1 cm³/mol. The fraction of sp³-hybridized carbons (Fsp3) is 0.462. The van der Waals surface area contributed by atoms with E-state index in [0.29, 0.717) is 10.8 Å². The molecule has 0 heterocycles. The van der Waals surface area contributed by atoms with E-state index >= 15 is 0 Å². The Balaban J connectivity index is 2.77. The van der Waals surface area contributed by atoms with Gasteiger partial charge in [0.05, 0.1) is 5.88 Å². The summed E-state index contributed by atoms with van der Waals surface area (Å²) in [7, 11) is 0. The van der Waals surface area contributed by atoms with Gasteiger partial charge in [-0.25, -0.2) is 0 Å². The first-order valence-electron chi connectivity index (χ1n) is 5.37. The van der Waals surface area contributed by atoms with E-state index in [1.165, 1.54) is 0 Å². The van der Waals surface area contributed by atoms with Gasteiger partial charge in [-0.1, -0.05) is 32.4 Å². The van der Waals surface area contributed by atoms with E-state index in [4.69, 9.17) is 27.9 Å². The summed E-state index contributed by atoms with van der Waals surface area (Å²) in [5.74, 6) is 0.721. The lowest BCUT2D eigenvalue weighted by molar-refractivity contribution is -0.132. The van der Waals surface area contributed by atoms with Crippen molar-refractivity contribution in [2.24, 2.45) is 5.41 Å². The van der Waals surface area contributed by atoms with E-state index in [1.54, 1.807) is 24.3 Å².